The largest absolute Gasteiger partial charge is 0.389 e. The molecule has 1 aromatic rings. The zero-order chi connectivity index (χ0) is 14.3. The Balaban J connectivity index is 2.36. The van der Waals surface area contributed by atoms with Gasteiger partial charge in [-0.25, -0.2) is 0 Å². The van der Waals surface area contributed by atoms with Crippen molar-refractivity contribution in [1.82, 2.24) is 5.32 Å². The highest BCUT2D eigenvalue weighted by Gasteiger charge is 2.25. The quantitative estimate of drug-likeness (QED) is 0.710. The zero-order valence-electron chi connectivity index (χ0n) is 11.5. The van der Waals surface area contributed by atoms with Crippen molar-refractivity contribution in [3.8, 4) is 0 Å². The van der Waals surface area contributed by atoms with Crippen molar-refractivity contribution in [3.63, 3.8) is 0 Å². The molecule has 1 aromatic carbocycles. The highest BCUT2D eigenvalue weighted by Crippen LogP contribution is 2.23. The van der Waals surface area contributed by atoms with Crippen molar-refractivity contribution < 1.29 is 13.2 Å². The van der Waals surface area contributed by atoms with Crippen LogP contribution in [0.4, 0.5) is 13.2 Å². The van der Waals surface area contributed by atoms with Crippen LogP contribution in [0.5, 0.6) is 0 Å². The van der Waals surface area contributed by atoms with Crippen LogP contribution in [0.25, 0.3) is 0 Å². The second kappa shape index (κ2) is 7.53. The fourth-order valence-electron chi connectivity index (χ4n) is 2.11. The van der Waals surface area contributed by atoms with Gasteiger partial charge in [0.05, 0.1) is 0 Å². The Bertz CT molecular complexity index is 346. The van der Waals surface area contributed by atoms with Crippen molar-refractivity contribution in [2.45, 2.75) is 45.3 Å². The van der Waals surface area contributed by atoms with Gasteiger partial charge in [-0.3, -0.25) is 0 Å². The highest BCUT2D eigenvalue weighted by atomic mass is 19.4. The van der Waals surface area contributed by atoms with E-state index in [1.165, 1.54) is 5.56 Å². The molecule has 1 atom stereocenters. The number of rotatable bonds is 7. The van der Waals surface area contributed by atoms with E-state index in [1.54, 1.807) is 0 Å². The summed E-state index contributed by atoms with van der Waals surface area (Å²) >= 11 is 0. The van der Waals surface area contributed by atoms with E-state index in [0.29, 0.717) is 18.9 Å². The zero-order valence-corrected chi connectivity index (χ0v) is 11.5. The standard InChI is InChI=1S/C15H22F3N/c1-12(2)14(13-8-4-3-5-9-13)19-11-7-6-10-15(16,17)18/h3-5,8-9,12,14,19H,6-7,10-11H2,1-2H3. The Morgan fingerprint density at radius 1 is 1.05 bits per heavy atom. The first-order valence-corrected chi connectivity index (χ1v) is 6.75. The van der Waals surface area contributed by atoms with Crippen LogP contribution in [0.3, 0.4) is 0 Å². The Kier molecular flexibility index (Phi) is 6.35. The molecule has 0 fully saturated rings. The van der Waals surface area contributed by atoms with Crippen molar-refractivity contribution in [2.24, 2.45) is 5.92 Å². The SMILES string of the molecule is CC(C)C(NCCCCC(F)(F)F)c1ccccc1. The molecule has 0 aliphatic rings. The van der Waals surface area contributed by atoms with Gasteiger partial charge in [0.25, 0.3) is 0 Å². The summed E-state index contributed by atoms with van der Waals surface area (Å²) in [6, 6.07) is 10.2. The van der Waals surface area contributed by atoms with Crippen LogP contribution in [0.2, 0.25) is 0 Å². The van der Waals surface area contributed by atoms with Crippen LogP contribution in [-0.4, -0.2) is 12.7 Å². The lowest BCUT2D eigenvalue weighted by Gasteiger charge is -2.23. The molecule has 0 spiro atoms. The number of hydrogen-bond donors (Lipinski definition) is 1. The maximum absolute atomic E-state index is 12.0. The Hall–Kier alpha value is -1.03. The van der Waals surface area contributed by atoms with Crippen molar-refractivity contribution in [1.29, 1.82) is 0 Å². The van der Waals surface area contributed by atoms with E-state index in [2.05, 4.69) is 19.2 Å². The summed E-state index contributed by atoms with van der Waals surface area (Å²) in [4.78, 5) is 0. The molecule has 0 saturated carbocycles. The van der Waals surface area contributed by atoms with Crippen LogP contribution in [0, 0.1) is 5.92 Å². The fraction of sp³-hybridized carbons (Fsp3) is 0.600. The van der Waals surface area contributed by atoms with Crippen molar-refractivity contribution >= 4 is 0 Å². The molecule has 108 valence electrons. The van der Waals surface area contributed by atoms with Crippen LogP contribution >= 0.6 is 0 Å². The molecule has 0 aliphatic carbocycles. The lowest BCUT2D eigenvalue weighted by atomic mass is 9.96. The van der Waals surface area contributed by atoms with Gasteiger partial charge in [0.15, 0.2) is 0 Å². The lowest BCUT2D eigenvalue weighted by Crippen LogP contribution is -2.26. The minimum absolute atomic E-state index is 0.191. The summed E-state index contributed by atoms with van der Waals surface area (Å²) < 4.78 is 36.0. The summed E-state index contributed by atoms with van der Waals surface area (Å²) in [5, 5.41) is 3.35. The first-order valence-electron chi connectivity index (χ1n) is 6.75. The van der Waals surface area contributed by atoms with E-state index >= 15 is 0 Å². The first kappa shape index (κ1) is 16.0. The summed E-state index contributed by atoms with van der Waals surface area (Å²) in [5.74, 6) is 0.407. The lowest BCUT2D eigenvalue weighted by molar-refractivity contribution is -0.135. The second-order valence-electron chi connectivity index (χ2n) is 5.16. The topological polar surface area (TPSA) is 12.0 Å². The molecule has 0 aromatic heterocycles. The number of unbranched alkanes of at least 4 members (excludes halogenated alkanes) is 1. The number of alkyl halides is 3. The molecule has 0 radical (unpaired) electrons. The maximum atomic E-state index is 12.0. The molecule has 0 bridgehead atoms. The normalized spacial score (nSPS) is 13.8. The van der Waals surface area contributed by atoms with Crippen LogP contribution in [-0.2, 0) is 0 Å². The van der Waals surface area contributed by atoms with E-state index in [0.717, 1.165) is 0 Å². The Labute approximate surface area is 113 Å². The third-order valence-electron chi connectivity index (χ3n) is 3.08. The summed E-state index contributed by atoms with van der Waals surface area (Å²) in [7, 11) is 0. The predicted octanol–water partition coefficient (Wildman–Crippen LogP) is 4.71. The van der Waals surface area contributed by atoms with Gasteiger partial charge in [0, 0.05) is 12.5 Å². The smallest absolute Gasteiger partial charge is 0.310 e. The molecule has 1 N–H and O–H groups in total. The molecular weight excluding hydrogens is 251 g/mol. The molecule has 1 nitrogen and oxygen atoms in total. The minimum atomic E-state index is -4.03. The van der Waals surface area contributed by atoms with Crippen LogP contribution in [0.15, 0.2) is 30.3 Å². The van der Waals surface area contributed by atoms with Gasteiger partial charge in [0.1, 0.15) is 0 Å². The summed E-state index contributed by atoms with van der Waals surface area (Å²) in [5.41, 5.74) is 1.19. The predicted molar refractivity (Wildman–Crippen MR) is 71.9 cm³/mol. The van der Waals surface area contributed by atoms with E-state index in [9.17, 15) is 13.2 Å². The maximum Gasteiger partial charge on any atom is 0.389 e. The van der Waals surface area contributed by atoms with Gasteiger partial charge in [-0.1, -0.05) is 44.2 Å². The third-order valence-corrected chi connectivity index (χ3v) is 3.08. The number of nitrogens with one attached hydrogen (secondary N) is 1. The molecule has 4 heteroatoms. The van der Waals surface area contributed by atoms with Crippen molar-refractivity contribution in [2.75, 3.05) is 6.54 Å². The molecule has 19 heavy (non-hydrogen) atoms. The molecule has 1 rings (SSSR count). The van der Waals surface area contributed by atoms with Crippen LogP contribution in [0.1, 0.15) is 44.7 Å². The average Bonchev–Trinajstić information content (AvgIpc) is 2.33. The van der Waals surface area contributed by atoms with Gasteiger partial charge in [0.2, 0.25) is 0 Å². The fourth-order valence-corrected chi connectivity index (χ4v) is 2.11. The van der Waals surface area contributed by atoms with Gasteiger partial charge < -0.3 is 5.32 Å². The van der Waals surface area contributed by atoms with Gasteiger partial charge in [-0.15, -0.1) is 0 Å². The van der Waals surface area contributed by atoms with Gasteiger partial charge in [-0.2, -0.15) is 13.2 Å². The van der Waals surface area contributed by atoms with Crippen LogP contribution < -0.4 is 5.32 Å². The molecular formula is C15H22F3N. The monoisotopic (exact) mass is 273 g/mol. The summed E-state index contributed by atoms with van der Waals surface area (Å²) in [6.45, 7) is 4.84. The highest BCUT2D eigenvalue weighted by molar-refractivity contribution is 5.19. The summed E-state index contributed by atoms with van der Waals surface area (Å²) in [6.07, 6.45) is -3.98. The number of halogens is 3. The van der Waals surface area contributed by atoms with Gasteiger partial charge >= 0.3 is 6.18 Å². The molecule has 0 heterocycles. The van der Waals surface area contributed by atoms with E-state index in [1.807, 2.05) is 30.3 Å². The Morgan fingerprint density at radius 2 is 1.68 bits per heavy atom. The number of benzene rings is 1. The first-order chi connectivity index (χ1) is 8.90. The van der Waals surface area contributed by atoms with Crippen molar-refractivity contribution in [3.05, 3.63) is 35.9 Å². The van der Waals surface area contributed by atoms with E-state index < -0.39 is 12.6 Å². The minimum Gasteiger partial charge on any atom is -0.310 e. The molecule has 0 aliphatic heterocycles. The molecule has 0 saturated heterocycles. The van der Waals surface area contributed by atoms with Gasteiger partial charge in [-0.05, 0) is 30.9 Å². The third kappa shape index (κ3) is 6.62. The average molecular weight is 273 g/mol. The Morgan fingerprint density at radius 3 is 2.21 bits per heavy atom. The molecule has 1 unspecified atom stereocenters. The van der Waals surface area contributed by atoms with E-state index in [4.69, 9.17) is 0 Å². The molecule has 0 amide bonds. The number of hydrogen-bond acceptors (Lipinski definition) is 1. The second-order valence-corrected chi connectivity index (χ2v) is 5.16. The van der Waals surface area contributed by atoms with E-state index in [-0.39, 0.29) is 12.5 Å².